The van der Waals surface area contributed by atoms with Crippen LogP contribution in [0.25, 0.3) is 6.08 Å². The van der Waals surface area contributed by atoms with Gasteiger partial charge in [-0.15, -0.1) is 0 Å². The molecule has 0 saturated heterocycles. The predicted octanol–water partition coefficient (Wildman–Crippen LogP) is 5.17. The zero-order valence-corrected chi connectivity index (χ0v) is 16.6. The molecule has 0 spiro atoms. The number of halogens is 3. The highest BCUT2D eigenvalue weighted by Crippen LogP contribution is 2.42. The molecule has 3 nitrogen and oxygen atoms in total. The summed E-state index contributed by atoms with van der Waals surface area (Å²) < 4.78 is 40.5. The monoisotopic (exact) mass is 417 g/mol. The maximum Gasteiger partial charge on any atom is 0.286 e. The molecule has 2 aliphatic carbocycles. The summed E-state index contributed by atoms with van der Waals surface area (Å²) in [4.78, 5) is 25.1. The molecule has 0 bridgehead atoms. The summed E-state index contributed by atoms with van der Waals surface area (Å²) in [6.07, 6.45) is 5.71. The molecule has 4 rings (SSSR count). The number of ketones is 1. The number of fused-ring (bicyclic) bond motifs is 1. The summed E-state index contributed by atoms with van der Waals surface area (Å²) in [6.45, 7) is 0. The second-order valence-electron chi connectivity index (χ2n) is 7.52. The van der Waals surface area contributed by atoms with Crippen molar-refractivity contribution in [3.8, 4) is 0 Å². The molecule has 0 heterocycles. The molecule has 2 atom stereocenters. The third-order valence-electron chi connectivity index (χ3n) is 5.31. The number of alkyl halides is 2. The van der Waals surface area contributed by atoms with E-state index in [4.69, 9.17) is 0 Å². The van der Waals surface area contributed by atoms with Crippen molar-refractivity contribution in [1.29, 1.82) is 0 Å². The molecule has 0 radical (unpaired) electrons. The van der Waals surface area contributed by atoms with Crippen LogP contribution in [0.1, 0.15) is 39.9 Å². The second-order valence-corrected chi connectivity index (χ2v) is 8.24. The number of nitrogens with one attached hydrogen (secondary N) is 1. The van der Waals surface area contributed by atoms with Gasteiger partial charge in [-0.3, -0.25) is 9.59 Å². The first-order valence-electron chi connectivity index (χ1n) is 9.35. The van der Waals surface area contributed by atoms with Crippen LogP contribution in [0.3, 0.4) is 0 Å². The van der Waals surface area contributed by atoms with Crippen molar-refractivity contribution < 1.29 is 22.8 Å². The standard InChI is InChI=1S/C22H19F3NO2P/c23-18-10-12(4-9-17(18)22(24,25)29)11-20(27)26-19-3-1-2-16-15(19)8-7-14(21(16)28)13-5-6-13/h1-4,7-10,13-14H,5-6,11,29H2,(H,26,27). The lowest BCUT2D eigenvalue weighted by molar-refractivity contribution is -0.115. The summed E-state index contributed by atoms with van der Waals surface area (Å²) in [6, 6.07) is 8.39. The third kappa shape index (κ3) is 4.13. The van der Waals surface area contributed by atoms with Crippen molar-refractivity contribution >= 4 is 32.7 Å². The average molecular weight is 417 g/mol. The Morgan fingerprint density at radius 1 is 1.21 bits per heavy atom. The van der Waals surface area contributed by atoms with Crippen LogP contribution >= 0.6 is 9.24 Å². The van der Waals surface area contributed by atoms with Crippen molar-refractivity contribution in [3.63, 3.8) is 0 Å². The summed E-state index contributed by atoms with van der Waals surface area (Å²) >= 11 is 0. The Hall–Kier alpha value is -2.46. The van der Waals surface area contributed by atoms with Crippen LogP contribution in [-0.4, -0.2) is 11.7 Å². The molecule has 150 valence electrons. The Morgan fingerprint density at radius 2 is 1.97 bits per heavy atom. The van der Waals surface area contributed by atoms with Gasteiger partial charge in [0.1, 0.15) is 5.82 Å². The summed E-state index contributed by atoms with van der Waals surface area (Å²) in [5.41, 5.74) is -2.08. The topological polar surface area (TPSA) is 46.2 Å². The molecular formula is C22H19F3NO2P. The number of hydrogen-bond donors (Lipinski definition) is 1. The normalized spacial score (nSPS) is 18.5. The Morgan fingerprint density at radius 3 is 2.62 bits per heavy atom. The maximum atomic E-state index is 13.9. The van der Waals surface area contributed by atoms with Gasteiger partial charge in [-0.05, 0) is 42.5 Å². The smallest absolute Gasteiger partial charge is 0.286 e. The lowest BCUT2D eigenvalue weighted by Crippen LogP contribution is -2.21. The van der Waals surface area contributed by atoms with Gasteiger partial charge in [-0.1, -0.05) is 39.6 Å². The highest BCUT2D eigenvalue weighted by Gasteiger charge is 2.37. The molecule has 2 aromatic carbocycles. The fourth-order valence-corrected chi connectivity index (χ4v) is 3.91. The van der Waals surface area contributed by atoms with E-state index < -0.39 is 23.0 Å². The number of carbonyl (C=O) groups excluding carboxylic acids is 2. The number of benzene rings is 2. The predicted molar refractivity (Wildman–Crippen MR) is 108 cm³/mol. The molecule has 2 aliphatic rings. The highest BCUT2D eigenvalue weighted by atomic mass is 31.0. The van der Waals surface area contributed by atoms with E-state index in [1.165, 1.54) is 15.3 Å². The van der Waals surface area contributed by atoms with Crippen LogP contribution in [0, 0.1) is 17.7 Å². The minimum Gasteiger partial charge on any atom is -0.325 e. The lowest BCUT2D eigenvalue weighted by Gasteiger charge is -2.20. The van der Waals surface area contributed by atoms with Crippen molar-refractivity contribution in [2.45, 2.75) is 24.9 Å². The van der Waals surface area contributed by atoms with Gasteiger partial charge < -0.3 is 5.32 Å². The van der Waals surface area contributed by atoms with E-state index in [-0.39, 0.29) is 23.7 Å². The van der Waals surface area contributed by atoms with Gasteiger partial charge in [0.15, 0.2) is 5.78 Å². The van der Waals surface area contributed by atoms with E-state index in [0.29, 0.717) is 22.7 Å². The Balaban J connectivity index is 1.50. The minimum atomic E-state index is -3.37. The number of carbonyl (C=O) groups is 2. The van der Waals surface area contributed by atoms with Gasteiger partial charge in [0, 0.05) is 22.7 Å². The zero-order chi connectivity index (χ0) is 20.8. The van der Waals surface area contributed by atoms with Crippen molar-refractivity contribution in [2.75, 3.05) is 5.32 Å². The van der Waals surface area contributed by atoms with Crippen LogP contribution in [-0.2, 0) is 16.9 Å². The van der Waals surface area contributed by atoms with Crippen molar-refractivity contribution in [1.82, 2.24) is 0 Å². The van der Waals surface area contributed by atoms with Gasteiger partial charge in [0.25, 0.3) is 5.66 Å². The van der Waals surface area contributed by atoms with Crippen molar-refractivity contribution in [2.24, 2.45) is 11.8 Å². The molecule has 7 heteroatoms. The first kappa shape index (κ1) is 19.8. The van der Waals surface area contributed by atoms with Gasteiger partial charge in [0.2, 0.25) is 5.91 Å². The van der Waals surface area contributed by atoms with Crippen LogP contribution < -0.4 is 5.32 Å². The highest BCUT2D eigenvalue weighted by molar-refractivity contribution is 7.17. The summed E-state index contributed by atoms with van der Waals surface area (Å²) in [7, 11) is 1.29. The van der Waals surface area contributed by atoms with E-state index in [2.05, 4.69) is 5.32 Å². The third-order valence-corrected chi connectivity index (χ3v) is 5.62. The van der Waals surface area contributed by atoms with Crippen LogP contribution in [0.2, 0.25) is 0 Å². The largest absolute Gasteiger partial charge is 0.325 e. The number of rotatable bonds is 5. The second kappa shape index (κ2) is 7.42. The van der Waals surface area contributed by atoms with E-state index in [1.807, 2.05) is 12.2 Å². The number of Topliss-reactive ketones (excluding diaryl/α,β-unsaturated/α-hetero) is 1. The number of anilines is 1. The van der Waals surface area contributed by atoms with Crippen LogP contribution in [0.5, 0.6) is 0 Å². The SMILES string of the molecule is O=C(Cc1ccc(C(F)(F)P)c(F)c1)Nc1cccc2c1C=CC(C1CC1)C2=O. The van der Waals surface area contributed by atoms with E-state index in [0.717, 1.165) is 25.0 Å². The molecule has 1 amide bonds. The quantitative estimate of drug-likeness (QED) is 0.683. The molecule has 1 N–H and O–H groups in total. The molecule has 1 saturated carbocycles. The molecule has 0 aliphatic heterocycles. The first-order valence-corrected chi connectivity index (χ1v) is 9.92. The molecule has 1 fully saturated rings. The minimum absolute atomic E-state index is 0.0668. The number of amides is 1. The van der Waals surface area contributed by atoms with Gasteiger partial charge in [-0.2, -0.15) is 8.78 Å². The van der Waals surface area contributed by atoms with Gasteiger partial charge >= 0.3 is 0 Å². The Labute approximate surface area is 168 Å². The molecule has 0 aromatic heterocycles. The first-order chi connectivity index (χ1) is 13.7. The summed E-state index contributed by atoms with van der Waals surface area (Å²) in [5, 5.41) is 2.75. The average Bonchev–Trinajstić information content (AvgIpc) is 3.46. The zero-order valence-electron chi connectivity index (χ0n) is 15.4. The Bertz CT molecular complexity index is 1030. The summed E-state index contributed by atoms with van der Waals surface area (Å²) in [5.74, 6) is -1.10. The van der Waals surface area contributed by atoms with Crippen LogP contribution in [0.15, 0.2) is 42.5 Å². The number of hydrogen-bond acceptors (Lipinski definition) is 2. The van der Waals surface area contributed by atoms with Gasteiger partial charge in [0.05, 0.1) is 12.0 Å². The van der Waals surface area contributed by atoms with E-state index >= 15 is 0 Å². The number of allylic oxidation sites excluding steroid dienone is 1. The molecule has 29 heavy (non-hydrogen) atoms. The Kier molecular flexibility index (Phi) is 5.07. The van der Waals surface area contributed by atoms with E-state index in [9.17, 15) is 22.8 Å². The van der Waals surface area contributed by atoms with Gasteiger partial charge in [-0.25, -0.2) is 4.39 Å². The molecule has 2 unspecified atom stereocenters. The van der Waals surface area contributed by atoms with Crippen LogP contribution in [0.4, 0.5) is 18.9 Å². The molecular weight excluding hydrogens is 398 g/mol. The fourth-order valence-electron chi connectivity index (χ4n) is 3.68. The van der Waals surface area contributed by atoms with E-state index in [1.54, 1.807) is 18.2 Å². The fraction of sp³-hybridized carbons (Fsp3) is 0.273. The lowest BCUT2D eigenvalue weighted by atomic mass is 9.85. The molecule has 2 aromatic rings. The van der Waals surface area contributed by atoms with Crippen molar-refractivity contribution in [3.05, 3.63) is 70.5 Å². The maximum absolute atomic E-state index is 13.9.